The molecule has 0 bridgehead atoms. The van der Waals surface area contributed by atoms with Gasteiger partial charge in [-0.2, -0.15) is 0 Å². The van der Waals surface area contributed by atoms with Gasteiger partial charge in [-0.25, -0.2) is 0 Å². The van der Waals surface area contributed by atoms with Crippen LogP contribution in [0.25, 0.3) is 0 Å². The standard InChI is InChI=1S/C13H24N2O/c1-2-11(1)9-15-6-3-13(10-15)14-12-4-7-16-8-5-12/h11-14H,1-10H2. The minimum atomic E-state index is 0.722. The topological polar surface area (TPSA) is 24.5 Å². The minimum absolute atomic E-state index is 0.722. The molecule has 1 unspecified atom stereocenters. The summed E-state index contributed by atoms with van der Waals surface area (Å²) < 4.78 is 5.40. The van der Waals surface area contributed by atoms with Crippen molar-refractivity contribution >= 4 is 0 Å². The molecule has 0 spiro atoms. The van der Waals surface area contributed by atoms with Gasteiger partial charge < -0.3 is 15.0 Å². The predicted molar refractivity (Wildman–Crippen MR) is 64.5 cm³/mol. The largest absolute Gasteiger partial charge is 0.381 e. The highest BCUT2D eigenvalue weighted by Crippen LogP contribution is 2.30. The van der Waals surface area contributed by atoms with Crippen LogP contribution in [0.2, 0.25) is 0 Å². The van der Waals surface area contributed by atoms with Crippen molar-refractivity contribution in [3.8, 4) is 0 Å². The van der Waals surface area contributed by atoms with Crippen LogP contribution in [0.15, 0.2) is 0 Å². The molecular weight excluding hydrogens is 200 g/mol. The normalized spacial score (nSPS) is 33.4. The second kappa shape index (κ2) is 5.03. The van der Waals surface area contributed by atoms with Crippen LogP contribution in [0, 0.1) is 5.92 Å². The third-order valence-corrected chi connectivity index (χ3v) is 4.18. The Morgan fingerprint density at radius 1 is 1.00 bits per heavy atom. The van der Waals surface area contributed by atoms with Crippen LogP contribution in [0.3, 0.4) is 0 Å². The highest BCUT2D eigenvalue weighted by atomic mass is 16.5. The van der Waals surface area contributed by atoms with E-state index in [4.69, 9.17) is 4.74 Å². The van der Waals surface area contributed by atoms with Crippen LogP contribution in [-0.4, -0.2) is 49.8 Å². The zero-order valence-corrected chi connectivity index (χ0v) is 10.2. The Morgan fingerprint density at radius 3 is 2.56 bits per heavy atom. The lowest BCUT2D eigenvalue weighted by Gasteiger charge is -2.26. The molecule has 1 aliphatic carbocycles. The average Bonchev–Trinajstić information content (AvgIpc) is 3.01. The SMILES string of the molecule is C1CC(NC2CCN(CC3CC3)C2)CCO1. The van der Waals surface area contributed by atoms with E-state index in [0.717, 1.165) is 31.2 Å². The maximum absolute atomic E-state index is 5.40. The second-order valence-corrected chi connectivity index (χ2v) is 5.74. The molecule has 3 aliphatic rings. The molecular formula is C13H24N2O. The van der Waals surface area contributed by atoms with Gasteiger partial charge in [-0.05, 0) is 44.6 Å². The summed E-state index contributed by atoms with van der Waals surface area (Å²) in [6.45, 7) is 5.88. The molecule has 2 heterocycles. The maximum Gasteiger partial charge on any atom is 0.0480 e. The van der Waals surface area contributed by atoms with E-state index in [1.165, 1.54) is 51.7 Å². The quantitative estimate of drug-likeness (QED) is 0.777. The molecule has 3 fully saturated rings. The first-order chi connectivity index (χ1) is 7.90. The lowest BCUT2D eigenvalue weighted by atomic mass is 10.1. The Balaban J connectivity index is 1.38. The summed E-state index contributed by atoms with van der Waals surface area (Å²) in [7, 11) is 0. The van der Waals surface area contributed by atoms with Crippen LogP contribution in [-0.2, 0) is 4.74 Å². The average molecular weight is 224 g/mol. The Labute approximate surface area is 98.5 Å². The first-order valence-electron chi connectivity index (χ1n) is 6.96. The van der Waals surface area contributed by atoms with Gasteiger partial charge in [0, 0.05) is 38.4 Å². The lowest BCUT2D eigenvalue weighted by molar-refractivity contribution is 0.0751. The van der Waals surface area contributed by atoms with Gasteiger partial charge in [0.15, 0.2) is 0 Å². The molecule has 3 rings (SSSR count). The Kier molecular flexibility index (Phi) is 3.46. The summed E-state index contributed by atoms with van der Waals surface area (Å²) in [4.78, 5) is 2.66. The summed E-state index contributed by atoms with van der Waals surface area (Å²) in [5.41, 5.74) is 0. The monoisotopic (exact) mass is 224 g/mol. The fourth-order valence-corrected chi connectivity index (χ4v) is 3.00. The molecule has 0 aromatic carbocycles. The molecule has 0 amide bonds. The molecule has 16 heavy (non-hydrogen) atoms. The van der Waals surface area contributed by atoms with Crippen molar-refractivity contribution in [2.24, 2.45) is 5.92 Å². The van der Waals surface area contributed by atoms with E-state index in [0.29, 0.717) is 0 Å². The molecule has 2 aliphatic heterocycles. The molecule has 3 heteroatoms. The van der Waals surface area contributed by atoms with Gasteiger partial charge in [0.1, 0.15) is 0 Å². The fraction of sp³-hybridized carbons (Fsp3) is 1.00. The van der Waals surface area contributed by atoms with Gasteiger partial charge in [-0.1, -0.05) is 0 Å². The van der Waals surface area contributed by atoms with E-state index in [-0.39, 0.29) is 0 Å². The molecule has 92 valence electrons. The van der Waals surface area contributed by atoms with Crippen LogP contribution >= 0.6 is 0 Å². The van der Waals surface area contributed by atoms with Gasteiger partial charge in [0.2, 0.25) is 0 Å². The second-order valence-electron chi connectivity index (χ2n) is 5.74. The van der Waals surface area contributed by atoms with E-state index in [1.54, 1.807) is 0 Å². The van der Waals surface area contributed by atoms with E-state index >= 15 is 0 Å². The first kappa shape index (κ1) is 11.0. The molecule has 1 saturated carbocycles. The zero-order valence-electron chi connectivity index (χ0n) is 10.2. The van der Waals surface area contributed by atoms with Crippen molar-refractivity contribution < 1.29 is 4.74 Å². The van der Waals surface area contributed by atoms with Gasteiger partial charge >= 0.3 is 0 Å². The highest BCUT2D eigenvalue weighted by molar-refractivity contribution is 4.87. The number of nitrogens with one attached hydrogen (secondary N) is 1. The summed E-state index contributed by atoms with van der Waals surface area (Å²) in [5, 5.41) is 3.82. The third kappa shape index (κ3) is 2.96. The summed E-state index contributed by atoms with van der Waals surface area (Å²) in [6.07, 6.45) is 6.73. The Hall–Kier alpha value is -0.120. The van der Waals surface area contributed by atoms with E-state index in [9.17, 15) is 0 Å². The van der Waals surface area contributed by atoms with Gasteiger partial charge in [-0.15, -0.1) is 0 Å². The van der Waals surface area contributed by atoms with Crippen molar-refractivity contribution in [3.05, 3.63) is 0 Å². The summed E-state index contributed by atoms with van der Waals surface area (Å²) >= 11 is 0. The van der Waals surface area contributed by atoms with Crippen molar-refractivity contribution in [1.29, 1.82) is 0 Å². The molecule has 1 N–H and O–H groups in total. The number of nitrogens with zero attached hydrogens (tertiary/aromatic N) is 1. The summed E-state index contributed by atoms with van der Waals surface area (Å²) in [5.74, 6) is 1.04. The molecule has 2 saturated heterocycles. The van der Waals surface area contributed by atoms with E-state index < -0.39 is 0 Å². The number of likely N-dealkylation sites (tertiary alicyclic amines) is 1. The van der Waals surface area contributed by atoms with Crippen molar-refractivity contribution in [3.63, 3.8) is 0 Å². The predicted octanol–water partition coefficient (Wildman–Crippen LogP) is 1.24. The Morgan fingerprint density at radius 2 is 1.81 bits per heavy atom. The number of hydrogen-bond acceptors (Lipinski definition) is 3. The first-order valence-corrected chi connectivity index (χ1v) is 6.96. The van der Waals surface area contributed by atoms with Crippen LogP contribution in [0.5, 0.6) is 0 Å². The highest BCUT2D eigenvalue weighted by Gasteiger charge is 2.30. The van der Waals surface area contributed by atoms with Crippen LogP contribution in [0.4, 0.5) is 0 Å². The van der Waals surface area contributed by atoms with Crippen LogP contribution in [0.1, 0.15) is 32.1 Å². The van der Waals surface area contributed by atoms with E-state index in [1.807, 2.05) is 0 Å². The molecule has 0 radical (unpaired) electrons. The molecule has 1 atom stereocenters. The van der Waals surface area contributed by atoms with Gasteiger partial charge in [-0.3, -0.25) is 0 Å². The van der Waals surface area contributed by atoms with Gasteiger partial charge in [0.25, 0.3) is 0 Å². The Bertz CT molecular complexity index is 224. The smallest absolute Gasteiger partial charge is 0.0480 e. The molecule has 0 aromatic rings. The maximum atomic E-state index is 5.40. The number of rotatable bonds is 4. The third-order valence-electron chi connectivity index (χ3n) is 4.18. The number of hydrogen-bond donors (Lipinski definition) is 1. The summed E-state index contributed by atoms with van der Waals surface area (Å²) in [6, 6.07) is 1.47. The van der Waals surface area contributed by atoms with Crippen LogP contribution < -0.4 is 5.32 Å². The zero-order chi connectivity index (χ0) is 10.8. The molecule has 0 aromatic heterocycles. The molecule has 3 nitrogen and oxygen atoms in total. The number of ether oxygens (including phenoxy) is 1. The van der Waals surface area contributed by atoms with Crippen molar-refractivity contribution in [2.45, 2.75) is 44.2 Å². The fourth-order valence-electron chi connectivity index (χ4n) is 3.00. The van der Waals surface area contributed by atoms with Crippen molar-refractivity contribution in [1.82, 2.24) is 10.2 Å². The van der Waals surface area contributed by atoms with E-state index in [2.05, 4.69) is 10.2 Å². The lowest BCUT2D eigenvalue weighted by Crippen LogP contribution is -2.43. The minimum Gasteiger partial charge on any atom is -0.381 e. The van der Waals surface area contributed by atoms with Crippen molar-refractivity contribution in [2.75, 3.05) is 32.8 Å². The van der Waals surface area contributed by atoms with Gasteiger partial charge in [0.05, 0.1) is 0 Å².